The van der Waals surface area contributed by atoms with E-state index >= 15 is 0 Å². The van der Waals surface area contributed by atoms with Crippen molar-refractivity contribution >= 4 is 21.4 Å². The van der Waals surface area contributed by atoms with Crippen LogP contribution in [-0.4, -0.2) is 19.9 Å². The molecule has 0 unspecified atom stereocenters. The van der Waals surface area contributed by atoms with E-state index < -0.39 is 26.6 Å². The van der Waals surface area contributed by atoms with Gasteiger partial charge in [-0.25, -0.2) is 26.9 Å². The first-order chi connectivity index (χ1) is 9.40. The summed E-state index contributed by atoms with van der Waals surface area (Å²) in [5, 5.41) is 2.54. The Morgan fingerprint density at radius 3 is 2.70 bits per heavy atom. The number of rotatable bonds is 5. The minimum atomic E-state index is -4.07. The average Bonchev–Trinajstić information content (AvgIpc) is 2.86. The third-order valence-corrected chi connectivity index (χ3v) is 4.93. The number of benzene rings is 1. The van der Waals surface area contributed by atoms with E-state index in [4.69, 9.17) is 0 Å². The van der Waals surface area contributed by atoms with E-state index in [1.165, 1.54) is 18.3 Å². The molecule has 2 aromatic rings. The molecule has 0 amide bonds. The number of nitrogens with zero attached hydrogens (tertiary/aromatic N) is 1. The molecule has 1 N–H and O–H groups in total. The Bertz CT molecular complexity index is 700. The number of aromatic nitrogens is 1. The van der Waals surface area contributed by atoms with Crippen LogP contribution >= 0.6 is 11.3 Å². The van der Waals surface area contributed by atoms with Gasteiger partial charge in [0.15, 0.2) is 0 Å². The van der Waals surface area contributed by atoms with Gasteiger partial charge in [0.1, 0.15) is 16.5 Å². The number of thiazole rings is 1. The van der Waals surface area contributed by atoms with Gasteiger partial charge in [-0.2, -0.15) is 0 Å². The first kappa shape index (κ1) is 15.0. The van der Waals surface area contributed by atoms with Gasteiger partial charge in [0, 0.05) is 24.5 Å². The van der Waals surface area contributed by atoms with E-state index in [0.717, 1.165) is 11.1 Å². The standard InChI is InChI=1S/C12H12F2N2O2S2/c1-8-6-10(14)11(7-9(8)13)20(17,18)16-3-2-12-15-4-5-19-12/h4-7,16H,2-3H2,1H3. The monoisotopic (exact) mass is 318 g/mol. The smallest absolute Gasteiger partial charge is 0.243 e. The Labute approximate surface area is 119 Å². The molecular weight excluding hydrogens is 306 g/mol. The molecule has 108 valence electrons. The molecule has 1 aromatic carbocycles. The van der Waals surface area contributed by atoms with Crippen molar-refractivity contribution in [1.29, 1.82) is 0 Å². The first-order valence-electron chi connectivity index (χ1n) is 5.74. The van der Waals surface area contributed by atoms with Gasteiger partial charge in [-0.3, -0.25) is 0 Å². The summed E-state index contributed by atoms with van der Waals surface area (Å²) in [5.74, 6) is -1.72. The van der Waals surface area contributed by atoms with Crippen LogP contribution in [0.3, 0.4) is 0 Å². The largest absolute Gasteiger partial charge is 0.250 e. The number of sulfonamides is 1. The second-order valence-electron chi connectivity index (χ2n) is 4.11. The molecule has 0 saturated carbocycles. The van der Waals surface area contributed by atoms with Gasteiger partial charge >= 0.3 is 0 Å². The molecular formula is C12H12F2N2O2S2. The van der Waals surface area contributed by atoms with Crippen LogP contribution in [0.4, 0.5) is 8.78 Å². The van der Waals surface area contributed by atoms with Crippen molar-refractivity contribution in [2.75, 3.05) is 6.54 Å². The van der Waals surface area contributed by atoms with Crippen LogP contribution < -0.4 is 4.72 Å². The first-order valence-corrected chi connectivity index (χ1v) is 8.10. The number of hydrogen-bond donors (Lipinski definition) is 1. The lowest BCUT2D eigenvalue weighted by Crippen LogP contribution is -2.27. The summed E-state index contributed by atoms with van der Waals surface area (Å²) in [6.45, 7) is 1.44. The highest BCUT2D eigenvalue weighted by atomic mass is 32.2. The molecule has 1 aromatic heterocycles. The minimum Gasteiger partial charge on any atom is -0.250 e. The topological polar surface area (TPSA) is 59.1 Å². The van der Waals surface area contributed by atoms with Gasteiger partial charge in [-0.05, 0) is 24.6 Å². The highest BCUT2D eigenvalue weighted by Crippen LogP contribution is 2.18. The van der Waals surface area contributed by atoms with Gasteiger partial charge in [0.25, 0.3) is 0 Å². The number of halogens is 2. The second-order valence-corrected chi connectivity index (χ2v) is 6.82. The SMILES string of the molecule is Cc1cc(F)c(S(=O)(=O)NCCc2nccs2)cc1F. The number of aryl methyl sites for hydroxylation is 1. The molecule has 0 atom stereocenters. The summed E-state index contributed by atoms with van der Waals surface area (Å²) < 4.78 is 53.1. The molecule has 1 heterocycles. The average molecular weight is 318 g/mol. The van der Waals surface area contributed by atoms with E-state index in [2.05, 4.69) is 9.71 Å². The molecule has 0 saturated heterocycles. The van der Waals surface area contributed by atoms with Crippen LogP contribution in [0.25, 0.3) is 0 Å². The predicted octanol–water partition coefficient (Wildman–Crippen LogP) is 2.25. The maximum atomic E-state index is 13.6. The van der Waals surface area contributed by atoms with Crippen molar-refractivity contribution in [3.8, 4) is 0 Å². The minimum absolute atomic E-state index is 0.0595. The highest BCUT2D eigenvalue weighted by Gasteiger charge is 2.20. The van der Waals surface area contributed by atoms with Crippen molar-refractivity contribution in [3.05, 3.63) is 45.9 Å². The highest BCUT2D eigenvalue weighted by molar-refractivity contribution is 7.89. The Kier molecular flexibility index (Phi) is 4.46. The molecule has 0 bridgehead atoms. The van der Waals surface area contributed by atoms with Crippen LogP contribution in [0.15, 0.2) is 28.6 Å². The Hall–Kier alpha value is -1.38. The van der Waals surface area contributed by atoms with Crippen LogP contribution in [0, 0.1) is 18.6 Å². The molecule has 2 rings (SSSR count). The normalized spacial score (nSPS) is 11.8. The van der Waals surface area contributed by atoms with E-state index in [-0.39, 0.29) is 12.1 Å². The van der Waals surface area contributed by atoms with Crippen LogP contribution in [0.2, 0.25) is 0 Å². The Morgan fingerprint density at radius 2 is 2.05 bits per heavy atom. The second kappa shape index (κ2) is 5.94. The third kappa shape index (κ3) is 3.38. The van der Waals surface area contributed by atoms with Gasteiger partial charge < -0.3 is 0 Å². The van der Waals surface area contributed by atoms with E-state index in [1.807, 2.05) is 0 Å². The van der Waals surface area contributed by atoms with E-state index in [9.17, 15) is 17.2 Å². The fourth-order valence-corrected chi connectivity index (χ4v) is 3.30. The lowest BCUT2D eigenvalue weighted by molar-refractivity contribution is 0.543. The summed E-state index contributed by atoms with van der Waals surface area (Å²) in [4.78, 5) is 3.32. The Morgan fingerprint density at radius 1 is 1.30 bits per heavy atom. The molecule has 0 aliphatic heterocycles. The summed E-state index contributed by atoms with van der Waals surface area (Å²) in [6.07, 6.45) is 2.01. The van der Waals surface area contributed by atoms with Crippen molar-refractivity contribution in [2.24, 2.45) is 0 Å². The predicted molar refractivity (Wildman–Crippen MR) is 72.1 cm³/mol. The summed E-state index contributed by atoms with van der Waals surface area (Å²) >= 11 is 1.40. The molecule has 0 spiro atoms. The molecule has 0 aliphatic carbocycles. The van der Waals surface area contributed by atoms with Gasteiger partial charge in [0.05, 0.1) is 5.01 Å². The number of hydrogen-bond acceptors (Lipinski definition) is 4. The molecule has 0 aliphatic rings. The zero-order chi connectivity index (χ0) is 14.8. The molecule has 0 fully saturated rings. The van der Waals surface area contributed by atoms with Crippen molar-refractivity contribution in [1.82, 2.24) is 9.71 Å². The lowest BCUT2D eigenvalue weighted by atomic mass is 10.2. The summed E-state index contributed by atoms with van der Waals surface area (Å²) in [5.41, 5.74) is 0.0595. The van der Waals surface area contributed by atoms with Crippen LogP contribution in [0.5, 0.6) is 0 Å². The Balaban J connectivity index is 2.12. The molecule has 8 heteroatoms. The molecule has 4 nitrogen and oxygen atoms in total. The van der Waals surface area contributed by atoms with Gasteiger partial charge in [-0.1, -0.05) is 0 Å². The maximum Gasteiger partial charge on any atom is 0.243 e. The fourth-order valence-electron chi connectivity index (χ4n) is 1.58. The third-order valence-electron chi connectivity index (χ3n) is 2.62. The van der Waals surface area contributed by atoms with Crippen molar-refractivity contribution in [3.63, 3.8) is 0 Å². The van der Waals surface area contributed by atoms with Gasteiger partial charge in [-0.15, -0.1) is 11.3 Å². The lowest BCUT2D eigenvalue weighted by Gasteiger charge is -2.08. The zero-order valence-electron chi connectivity index (χ0n) is 10.6. The summed E-state index contributed by atoms with van der Waals surface area (Å²) in [7, 11) is -4.07. The van der Waals surface area contributed by atoms with Crippen LogP contribution in [-0.2, 0) is 16.4 Å². The fraction of sp³-hybridized carbons (Fsp3) is 0.250. The van der Waals surface area contributed by atoms with Crippen molar-refractivity contribution in [2.45, 2.75) is 18.2 Å². The van der Waals surface area contributed by atoms with E-state index in [1.54, 1.807) is 11.6 Å². The maximum absolute atomic E-state index is 13.6. The van der Waals surface area contributed by atoms with Gasteiger partial charge in [0.2, 0.25) is 10.0 Å². The van der Waals surface area contributed by atoms with Crippen LogP contribution in [0.1, 0.15) is 10.6 Å². The quantitative estimate of drug-likeness (QED) is 0.920. The number of nitrogens with one attached hydrogen (secondary N) is 1. The summed E-state index contributed by atoms with van der Waals surface area (Å²) in [6, 6.07) is 1.56. The van der Waals surface area contributed by atoms with Crippen molar-refractivity contribution < 1.29 is 17.2 Å². The van der Waals surface area contributed by atoms with E-state index in [0.29, 0.717) is 12.5 Å². The molecule has 0 radical (unpaired) electrons. The molecule has 20 heavy (non-hydrogen) atoms. The zero-order valence-corrected chi connectivity index (χ0v) is 12.2.